The lowest BCUT2D eigenvalue weighted by Crippen LogP contribution is -2.47. The normalized spacial score (nSPS) is 19.0. The molecule has 2 aliphatic heterocycles. The van der Waals surface area contributed by atoms with Crippen LogP contribution in [0.2, 0.25) is 0 Å². The van der Waals surface area contributed by atoms with Gasteiger partial charge in [-0.1, -0.05) is 11.3 Å². The third kappa shape index (κ3) is 4.30. The Labute approximate surface area is 194 Å². The number of imidazole rings is 1. The minimum atomic E-state index is -0.810. The van der Waals surface area contributed by atoms with Crippen molar-refractivity contribution in [2.24, 2.45) is 0 Å². The first-order valence-electron chi connectivity index (χ1n) is 11.0. The number of imide groups is 1. The summed E-state index contributed by atoms with van der Waals surface area (Å²) in [5.74, 6) is -0.424. The van der Waals surface area contributed by atoms with Crippen molar-refractivity contribution in [1.29, 1.82) is 0 Å². The highest BCUT2D eigenvalue weighted by molar-refractivity contribution is 7.20. The summed E-state index contributed by atoms with van der Waals surface area (Å²) < 4.78 is 14.9. The number of nitrogens with one attached hydrogen (secondary N) is 1. The molecule has 2 saturated heterocycles. The first kappa shape index (κ1) is 21.8. The number of halogens is 1. The molecule has 1 N–H and O–H groups in total. The van der Waals surface area contributed by atoms with E-state index in [0.29, 0.717) is 6.54 Å². The predicted octanol–water partition coefficient (Wildman–Crippen LogP) is 2.44. The predicted molar refractivity (Wildman–Crippen MR) is 124 cm³/mol. The molecule has 0 atom stereocenters. The van der Waals surface area contributed by atoms with Gasteiger partial charge in [0.1, 0.15) is 11.4 Å². The van der Waals surface area contributed by atoms with Gasteiger partial charge in [0.05, 0.1) is 11.9 Å². The van der Waals surface area contributed by atoms with Crippen LogP contribution in [0.5, 0.6) is 0 Å². The van der Waals surface area contributed by atoms with Crippen LogP contribution in [-0.4, -0.2) is 81.1 Å². The number of hydrogen-bond donors (Lipinski definition) is 1. The molecule has 33 heavy (non-hydrogen) atoms. The van der Waals surface area contributed by atoms with Crippen molar-refractivity contribution in [3.63, 3.8) is 0 Å². The number of urea groups is 1. The zero-order valence-electron chi connectivity index (χ0n) is 18.6. The summed E-state index contributed by atoms with van der Waals surface area (Å²) in [7, 11) is 0. The lowest BCUT2D eigenvalue weighted by atomic mass is 10.1. The average molecular weight is 472 g/mol. The largest absolute Gasteiger partial charge is 0.344 e. The topological polar surface area (TPSA) is 86.1 Å². The number of hydrogen-bond acceptors (Lipinski definition) is 7. The van der Waals surface area contributed by atoms with Gasteiger partial charge in [0, 0.05) is 38.3 Å². The van der Waals surface area contributed by atoms with Gasteiger partial charge in [0.25, 0.3) is 5.91 Å². The van der Waals surface area contributed by atoms with Gasteiger partial charge in [-0.25, -0.2) is 18.7 Å². The minimum Gasteiger partial charge on any atom is -0.344 e. The third-order valence-corrected chi connectivity index (χ3v) is 7.10. The van der Waals surface area contributed by atoms with Gasteiger partial charge >= 0.3 is 6.03 Å². The second kappa shape index (κ2) is 8.38. The van der Waals surface area contributed by atoms with Gasteiger partial charge in [-0.15, -0.1) is 5.10 Å². The van der Waals surface area contributed by atoms with E-state index in [-0.39, 0.29) is 17.8 Å². The van der Waals surface area contributed by atoms with E-state index in [4.69, 9.17) is 0 Å². The molecule has 0 unspecified atom stereocenters. The molecular formula is C22H26FN7O2S. The SMILES string of the molecule is CC1(C)NC(=O)N(CCCN2CCN(c3nn4cc(-c5ccc(F)cc5)nc4s3)CC2)C1=O. The molecule has 0 radical (unpaired) electrons. The number of fused-ring (bicyclic) bond motifs is 1. The standard InChI is InChI=1S/C22H26FN7O2S/c1-22(2)18(31)29(19(32)25-22)9-3-8-27-10-12-28(13-11-27)21-26-30-14-17(24-20(30)33-21)15-4-6-16(23)7-5-15/h4-7,14H,3,8-13H2,1-2H3,(H,25,32). The van der Waals surface area contributed by atoms with Crippen LogP contribution in [0, 0.1) is 5.82 Å². The minimum absolute atomic E-state index is 0.159. The molecule has 3 amide bonds. The molecule has 5 rings (SSSR count). The summed E-state index contributed by atoms with van der Waals surface area (Å²) in [5.41, 5.74) is 0.829. The maximum absolute atomic E-state index is 13.2. The van der Waals surface area contributed by atoms with Crippen LogP contribution in [0.4, 0.5) is 14.3 Å². The van der Waals surface area contributed by atoms with Crippen LogP contribution >= 0.6 is 11.3 Å². The summed E-state index contributed by atoms with van der Waals surface area (Å²) >= 11 is 1.54. The maximum atomic E-state index is 13.2. The van der Waals surface area contributed by atoms with Crippen molar-refractivity contribution in [3.8, 4) is 11.3 Å². The zero-order chi connectivity index (χ0) is 23.2. The molecule has 9 nitrogen and oxygen atoms in total. The van der Waals surface area contributed by atoms with Crippen LogP contribution in [0.3, 0.4) is 0 Å². The van der Waals surface area contributed by atoms with Crippen molar-refractivity contribution >= 4 is 33.4 Å². The highest BCUT2D eigenvalue weighted by Gasteiger charge is 2.43. The highest BCUT2D eigenvalue weighted by atomic mass is 32.1. The summed E-state index contributed by atoms with van der Waals surface area (Å²) in [6, 6.07) is 5.99. The van der Waals surface area contributed by atoms with Gasteiger partial charge in [-0.2, -0.15) is 0 Å². The molecule has 2 aliphatic rings. The quantitative estimate of drug-likeness (QED) is 0.556. The van der Waals surface area contributed by atoms with E-state index < -0.39 is 5.54 Å². The van der Waals surface area contributed by atoms with Crippen LogP contribution in [0.1, 0.15) is 20.3 Å². The molecule has 2 aromatic heterocycles. The van der Waals surface area contributed by atoms with E-state index in [1.165, 1.54) is 17.0 Å². The fourth-order valence-corrected chi connectivity index (χ4v) is 5.15. The molecule has 0 bridgehead atoms. The summed E-state index contributed by atoms with van der Waals surface area (Å²) in [4.78, 5) is 35.7. The van der Waals surface area contributed by atoms with Crippen LogP contribution in [0.15, 0.2) is 30.5 Å². The number of anilines is 1. The van der Waals surface area contributed by atoms with Gasteiger partial charge in [-0.05, 0) is 51.1 Å². The number of carbonyl (C=O) groups excluding carboxylic acids is 2. The molecule has 174 valence electrons. The molecule has 0 saturated carbocycles. The van der Waals surface area contributed by atoms with Crippen molar-refractivity contribution in [1.82, 2.24) is 29.7 Å². The van der Waals surface area contributed by atoms with E-state index in [0.717, 1.165) is 60.5 Å². The number of carbonyl (C=O) groups is 2. The van der Waals surface area contributed by atoms with E-state index in [1.54, 1.807) is 41.8 Å². The molecule has 0 spiro atoms. The smallest absolute Gasteiger partial charge is 0.325 e. The van der Waals surface area contributed by atoms with Crippen molar-refractivity contribution in [2.45, 2.75) is 25.8 Å². The number of aromatic nitrogens is 3. The monoisotopic (exact) mass is 471 g/mol. The Kier molecular flexibility index (Phi) is 5.53. The van der Waals surface area contributed by atoms with Crippen molar-refractivity contribution in [3.05, 3.63) is 36.3 Å². The van der Waals surface area contributed by atoms with E-state index in [9.17, 15) is 14.0 Å². The van der Waals surface area contributed by atoms with Crippen LogP contribution < -0.4 is 10.2 Å². The fraction of sp³-hybridized carbons (Fsp3) is 0.455. The number of rotatable bonds is 6. The van der Waals surface area contributed by atoms with Gasteiger partial charge < -0.3 is 10.2 Å². The Morgan fingerprint density at radius 2 is 1.82 bits per heavy atom. The Balaban J connectivity index is 1.13. The van der Waals surface area contributed by atoms with E-state index in [2.05, 4.69) is 25.2 Å². The van der Waals surface area contributed by atoms with Crippen molar-refractivity contribution in [2.75, 3.05) is 44.2 Å². The van der Waals surface area contributed by atoms with Crippen LogP contribution in [0.25, 0.3) is 16.2 Å². The molecule has 2 fully saturated rings. The fourth-order valence-electron chi connectivity index (χ4n) is 4.21. The second-order valence-corrected chi connectivity index (χ2v) is 9.87. The van der Waals surface area contributed by atoms with E-state index in [1.807, 2.05) is 6.20 Å². The summed E-state index contributed by atoms with van der Waals surface area (Å²) in [5, 5.41) is 8.34. The first-order valence-corrected chi connectivity index (χ1v) is 11.9. The molecular weight excluding hydrogens is 445 g/mol. The average Bonchev–Trinajstić information content (AvgIpc) is 3.41. The molecule has 11 heteroatoms. The van der Waals surface area contributed by atoms with Gasteiger partial charge in [-0.3, -0.25) is 14.6 Å². The number of piperazine rings is 1. The summed E-state index contributed by atoms with van der Waals surface area (Å²) in [6.45, 7) is 8.25. The Hall–Kier alpha value is -3.05. The molecule has 0 aliphatic carbocycles. The lowest BCUT2D eigenvalue weighted by molar-refractivity contribution is -0.130. The summed E-state index contributed by atoms with van der Waals surface area (Å²) in [6.07, 6.45) is 2.63. The maximum Gasteiger partial charge on any atom is 0.325 e. The highest BCUT2D eigenvalue weighted by Crippen LogP contribution is 2.27. The molecule has 4 heterocycles. The lowest BCUT2D eigenvalue weighted by Gasteiger charge is -2.34. The number of nitrogens with zero attached hydrogens (tertiary/aromatic N) is 6. The first-order chi connectivity index (χ1) is 15.8. The second-order valence-electron chi connectivity index (χ2n) is 8.94. The number of amides is 3. The Morgan fingerprint density at radius 1 is 1.09 bits per heavy atom. The van der Waals surface area contributed by atoms with Crippen molar-refractivity contribution < 1.29 is 14.0 Å². The Bertz CT molecular complexity index is 1150. The van der Waals surface area contributed by atoms with Gasteiger partial charge in [0.2, 0.25) is 10.1 Å². The van der Waals surface area contributed by atoms with E-state index >= 15 is 0 Å². The van der Waals surface area contributed by atoms with Crippen LogP contribution in [-0.2, 0) is 4.79 Å². The zero-order valence-corrected chi connectivity index (χ0v) is 19.4. The number of benzene rings is 1. The molecule has 3 aromatic rings. The molecule has 1 aromatic carbocycles. The Morgan fingerprint density at radius 3 is 2.45 bits per heavy atom. The third-order valence-electron chi connectivity index (χ3n) is 6.12. The van der Waals surface area contributed by atoms with Gasteiger partial charge in [0.15, 0.2) is 0 Å².